The molecule has 0 fully saturated rings. The highest BCUT2D eigenvalue weighted by atomic mass is 32.2. The van der Waals surface area contributed by atoms with E-state index in [0.717, 1.165) is 17.5 Å². The summed E-state index contributed by atoms with van der Waals surface area (Å²) >= 11 is 0. The summed E-state index contributed by atoms with van der Waals surface area (Å²) in [7, 11) is -3.10. The number of nitrogen functional groups attached to an aromatic ring is 1. The molecule has 0 radical (unpaired) electrons. The largest absolute Gasteiger partial charge is 0.432 e. The van der Waals surface area contributed by atoms with Crippen molar-refractivity contribution in [2.45, 2.75) is 17.7 Å². The third-order valence-electron chi connectivity index (χ3n) is 3.07. The lowest BCUT2D eigenvalue weighted by atomic mass is 10.0. The minimum absolute atomic E-state index is 0.107. The molecule has 0 spiro atoms. The van der Waals surface area contributed by atoms with Gasteiger partial charge in [-0.3, -0.25) is 0 Å². The molecule has 1 aliphatic heterocycles. The number of aromatic nitrogens is 1. The lowest BCUT2D eigenvalue weighted by Crippen LogP contribution is -2.15. The molecule has 1 aromatic heterocycles. The van der Waals surface area contributed by atoms with Crippen LogP contribution in [0.25, 0.3) is 11.3 Å². The van der Waals surface area contributed by atoms with E-state index in [9.17, 15) is 8.42 Å². The van der Waals surface area contributed by atoms with Gasteiger partial charge in [0.25, 0.3) is 6.01 Å². The van der Waals surface area contributed by atoms with Crippen LogP contribution in [0.2, 0.25) is 0 Å². The van der Waals surface area contributed by atoms with Gasteiger partial charge in [0.05, 0.1) is 10.6 Å². The molecule has 2 heterocycles. The van der Waals surface area contributed by atoms with E-state index < -0.39 is 9.84 Å². The number of aryl methyl sites for hydroxylation is 1. The van der Waals surface area contributed by atoms with Gasteiger partial charge in [-0.05, 0) is 30.5 Å². The van der Waals surface area contributed by atoms with Gasteiger partial charge in [-0.2, -0.15) is 4.98 Å². The smallest absolute Gasteiger partial charge is 0.292 e. The number of hydrogen-bond acceptors (Lipinski definition) is 5. The second kappa shape index (κ2) is 3.84. The fourth-order valence-electron chi connectivity index (χ4n) is 2.22. The first kappa shape index (κ1) is 11.3. The van der Waals surface area contributed by atoms with Crippen LogP contribution < -0.4 is 5.73 Å². The number of hydrogen-bond donors (Lipinski definition) is 1. The highest BCUT2D eigenvalue weighted by Crippen LogP contribution is 2.29. The summed E-state index contributed by atoms with van der Waals surface area (Å²) in [6.07, 6.45) is 2.91. The van der Waals surface area contributed by atoms with Gasteiger partial charge < -0.3 is 10.2 Å². The van der Waals surface area contributed by atoms with E-state index in [1.165, 1.54) is 6.26 Å². The molecule has 0 saturated heterocycles. The lowest BCUT2D eigenvalue weighted by Gasteiger charge is -2.16. The van der Waals surface area contributed by atoms with E-state index >= 15 is 0 Å². The Morgan fingerprint density at radius 3 is 2.89 bits per heavy atom. The monoisotopic (exact) mass is 264 g/mol. The Morgan fingerprint density at radius 2 is 2.17 bits per heavy atom. The average Bonchev–Trinajstić information content (AvgIpc) is 2.75. The summed E-state index contributed by atoms with van der Waals surface area (Å²) < 4.78 is 28.7. The molecule has 18 heavy (non-hydrogen) atoms. The highest BCUT2D eigenvalue weighted by Gasteiger charge is 2.23. The van der Waals surface area contributed by atoms with Crippen LogP contribution in [0.1, 0.15) is 12.0 Å². The predicted octanol–water partition coefficient (Wildman–Crippen LogP) is 1.64. The quantitative estimate of drug-likeness (QED) is 0.846. The first-order chi connectivity index (χ1) is 8.56. The number of nitrogens with two attached hydrogens (primary N) is 1. The van der Waals surface area contributed by atoms with Crippen molar-refractivity contribution >= 4 is 15.9 Å². The van der Waals surface area contributed by atoms with Crippen LogP contribution in [0.5, 0.6) is 0 Å². The van der Waals surface area contributed by atoms with Crippen molar-refractivity contribution in [2.24, 2.45) is 0 Å². The first-order valence-electron chi connectivity index (χ1n) is 5.63. The van der Waals surface area contributed by atoms with E-state index in [1.54, 1.807) is 12.1 Å². The molecule has 6 heteroatoms. The van der Waals surface area contributed by atoms with Gasteiger partial charge in [0.2, 0.25) is 0 Å². The second-order valence-corrected chi connectivity index (χ2v) is 6.39. The summed E-state index contributed by atoms with van der Waals surface area (Å²) in [5, 5.41) is 0. The van der Waals surface area contributed by atoms with Crippen molar-refractivity contribution in [3.8, 4) is 11.3 Å². The number of nitrogens with zero attached hydrogens (tertiary/aromatic N) is 1. The standard InChI is InChI=1S/C12H12N2O3S/c13-12-14-10(7-17-12)8-3-4-11-9(6-8)2-1-5-18(11,15)16/h3-4,6-7H,1-2,5H2,(H2,13,14). The number of rotatable bonds is 1. The van der Waals surface area contributed by atoms with Crippen LogP contribution in [0, 0.1) is 0 Å². The molecule has 0 saturated carbocycles. The third-order valence-corrected chi connectivity index (χ3v) is 4.97. The Bertz CT molecular complexity index is 704. The van der Waals surface area contributed by atoms with Gasteiger partial charge in [-0.15, -0.1) is 0 Å². The summed E-state index contributed by atoms with van der Waals surface area (Å²) in [4.78, 5) is 4.47. The number of benzene rings is 1. The zero-order valence-corrected chi connectivity index (χ0v) is 10.4. The van der Waals surface area contributed by atoms with E-state index in [4.69, 9.17) is 10.2 Å². The minimum atomic E-state index is -3.10. The summed E-state index contributed by atoms with van der Waals surface area (Å²) in [5.41, 5.74) is 7.72. The topological polar surface area (TPSA) is 86.2 Å². The highest BCUT2D eigenvalue weighted by molar-refractivity contribution is 7.91. The normalized spacial score (nSPS) is 17.3. The maximum absolute atomic E-state index is 11.9. The van der Waals surface area contributed by atoms with Gasteiger partial charge in [-0.1, -0.05) is 6.07 Å². The van der Waals surface area contributed by atoms with Gasteiger partial charge in [0.1, 0.15) is 12.0 Å². The number of oxazole rings is 1. The Balaban J connectivity index is 2.12. The van der Waals surface area contributed by atoms with Crippen LogP contribution in [0.4, 0.5) is 6.01 Å². The van der Waals surface area contributed by atoms with E-state index in [-0.39, 0.29) is 11.8 Å². The zero-order chi connectivity index (χ0) is 12.8. The van der Waals surface area contributed by atoms with Gasteiger partial charge in [0, 0.05) is 5.56 Å². The molecule has 0 unspecified atom stereocenters. The van der Waals surface area contributed by atoms with Crippen LogP contribution in [0.15, 0.2) is 33.8 Å². The van der Waals surface area contributed by atoms with Crippen LogP contribution >= 0.6 is 0 Å². The predicted molar refractivity (Wildman–Crippen MR) is 66.7 cm³/mol. The molecular formula is C12H12N2O3S. The molecule has 2 aromatic rings. The maximum atomic E-state index is 11.9. The number of fused-ring (bicyclic) bond motifs is 1. The van der Waals surface area contributed by atoms with Gasteiger partial charge in [0.15, 0.2) is 9.84 Å². The molecule has 1 aromatic carbocycles. The Hall–Kier alpha value is -1.82. The Kier molecular flexibility index (Phi) is 2.41. The molecule has 2 N–H and O–H groups in total. The molecule has 0 bridgehead atoms. The van der Waals surface area contributed by atoms with Crippen LogP contribution in [-0.2, 0) is 16.3 Å². The first-order valence-corrected chi connectivity index (χ1v) is 7.28. The summed E-state index contributed by atoms with van der Waals surface area (Å²) in [6.45, 7) is 0. The fourth-order valence-corrected chi connectivity index (χ4v) is 3.80. The molecule has 5 nitrogen and oxygen atoms in total. The Morgan fingerprint density at radius 1 is 1.33 bits per heavy atom. The minimum Gasteiger partial charge on any atom is -0.432 e. The zero-order valence-electron chi connectivity index (χ0n) is 9.59. The summed E-state index contributed by atoms with van der Waals surface area (Å²) in [5.74, 6) is 0.232. The van der Waals surface area contributed by atoms with E-state index in [2.05, 4.69) is 4.98 Å². The third kappa shape index (κ3) is 1.78. The molecule has 94 valence electrons. The SMILES string of the molecule is Nc1nc(-c2ccc3c(c2)CCCS3(=O)=O)co1. The number of anilines is 1. The molecular weight excluding hydrogens is 252 g/mol. The van der Waals surface area contributed by atoms with Crippen molar-refractivity contribution in [1.29, 1.82) is 0 Å². The van der Waals surface area contributed by atoms with Crippen molar-refractivity contribution < 1.29 is 12.8 Å². The van der Waals surface area contributed by atoms with Crippen molar-refractivity contribution in [3.63, 3.8) is 0 Å². The summed E-state index contributed by atoms with van der Waals surface area (Å²) in [6, 6.07) is 5.34. The van der Waals surface area contributed by atoms with Crippen molar-refractivity contribution in [2.75, 3.05) is 11.5 Å². The lowest BCUT2D eigenvalue weighted by molar-refractivity contribution is 0.581. The fraction of sp³-hybridized carbons (Fsp3) is 0.250. The van der Waals surface area contributed by atoms with E-state index in [1.807, 2.05) is 6.07 Å². The van der Waals surface area contributed by atoms with Crippen LogP contribution in [-0.4, -0.2) is 19.2 Å². The molecule has 0 atom stereocenters. The van der Waals surface area contributed by atoms with Crippen LogP contribution in [0.3, 0.4) is 0 Å². The van der Waals surface area contributed by atoms with Crippen molar-refractivity contribution in [1.82, 2.24) is 4.98 Å². The van der Waals surface area contributed by atoms with Crippen molar-refractivity contribution in [3.05, 3.63) is 30.0 Å². The van der Waals surface area contributed by atoms with Gasteiger partial charge in [-0.25, -0.2) is 8.42 Å². The molecule has 1 aliphatic rings. The maximum Gasteiger partial charge on any atom is 0.292 e. The van der Waals surface area contributed by atoms with Gasteiger partial charge >= 0.3 is 0 Å². The number of sulfone groups is 1. The average molecular weight is 264 g/mol. The molecule has 0 aliphatic carbocycles. The van der Waals surface area contributed by atoms with E-state index in [0.29, 0.717) is 17.0 Å². The second-order valence-electron chi connectivity index (χ2n) is 4.32. The Labute approximate surface area is 105 Å². The molecule has 3 rings (SSSR count). The molecule has 0 amide bonds.